The van der Waals surface area contributed by atoms with Crippen LogP contribution in [0.1, 0.15) is 31.1 Å². The Hall–Kier alpha value is -2.36. The van der Waals surface area contributed by atoms with Crippen molar-refractivity contribution in [3.05, 3.63) is 94.1 Å². The van der Waals surface area contributed by atoms with E-state index in [4.69, 9.17) is 3.07 Å². The van der Waals surface area contributed by atoms with Gasteiger partial charge in [-0.15, -0.1) is 0 Å². The number of fused-ring (bicyclic) bond motifs is 1. The molecule has 0 saturated heterocycles. The van der Waals surface area contributed by atoms with E-state index in [2.05, 4.69) is 90.9 Å². The standard InChI is InChI=1S/C25H23IO2Si/c1-25(2,3)29(20-12-6-4-7-13-20,21-14-8-5-9-15-21)19-18-26-23-17-11-10-16-22(23)24(27)28-26/h4-17H,1-3H3. The molecule has 0 bridgehead atoms. The molecule has 29 heavy (non-hydrogen) atoms. The Morgan fingerprint density at radius 3 is 1.86 bits per heavy atom. The van der Waals surface area contributed by atoms with Crippen LogP contribution in [0.5, 0.6) is 0 Å². The van der Waals surface area contributed by atoms with Gasteiger partial charge >= 0.3 is 182 Å². The Balaban J connectivity index is 1.92. The molecular weight excluding hydrogens is 487 g/mol. The summed E-state index contributed by atoms with van der Waals surface area (Å²) in [6, 6.07) is 29.0. The van der Waals surface area contributed by atoms with Gasteiger partial charge in [0, 0.05) is 0 Å². The molecule has 0 aromatic heterocycles. The molecule has 4 heteroatoms. The quantitative estimate of drug-likeness (QED) is 0.275. The van der Waals surface area contributed by atoms with E-state index in [-0.39, 0.29) is 11.0 Å². The first-order valence-corrected chi connectivity index (χ1v) is 14.6. The van der Waals surface area contributed by atoms with Gasteiger partial charge in [-0.25, -0.2) is 0 Å². The van der Waals surface area contributed by atoms with Gasteiger partial charge < -0.3 is 0 Å². The van der Waals surface area contributed by atoms with Crippen LogP contribution in [0.2, 0.25) is 5.04 Å². The molecule has 0 radical (unpaired) electrons. The van der Waals surface area contributed by atoms with Gasteiger partial charge in [0.15, 0.2) is 0 Å². The molecule has 0 atom stereocenters. The van der Waals surface area contributed by atoms with E-state index in [1.165, 1.54) is 10.4 Å². The van der Waals surface area contributed by atoms with E-state index < -0.39 is 28.3 Å². The molecule has 0 unspecified atom stereocenters. The summed E-state index contributed by atoms with van der Waals surface area (Å²) in [7, 11) is -2.47. The van der Waals surface area contributed by atoms with Crippen molar-refractivity contribution in [3.8, 4) is 9.47 Å². The van der Waals surface area contributed by atoms with E-state index in [0.29, 0.717) is 5.56 Å². The van der Waals surface area contributed by atoms with Crippen LogP contribution in [0.25, 0.3) is 0 Å². The molecular formula is C25H23IO2Si. The molecule has 1 aliphatic heterocycles. The first-order valence-electron chi connectivity index (χ1n) is 9.59. The minimum atomic E-state index is -2.47. The number of benzene rings is 3. The molecule has 0 N–H and O–H groups in total. The van der Waals surface area contributed by atoms with Crippen molar-refractivity contribution in [1.29, 1.82) is 0 Å². The number of halogens is 1. The summed E-state index contributed by atoms with van der Waals surface area (Å²) in [5.41, 5.74) is 4.48. The van der Waals surface area contributed by atoms with Gasteiger partial charge in [-0.3, -0.25) is 0 Å². The summed E-state index contributed by atoms with van der Waals surface area (Å²) in [4.78, 5) is 12.3. The van der Waals surface area contributed by atoms with E-state index in [1.54, 1.807) is 0 Å². The van der Waals surface area contributed by atoms with Gasteiger partial charge in [-0.1, -0.05) is 0 Å². The molecule has 0 saturated carbocycles. The van der Waals surface area contributed by atoms with Crippen LogP contribution in [0, 0.1) is 13.0 Å². The van der Waals surface area contributed by atoms with E-state index >= 15 is 0 Å². The number of rotatable bonds is 2. The average Bonchev–Trinajstić information content (AvgIpc) is 3.05. The molecule has 0 amide bonds. The van der Waals surface area contributed by atoms with Crippen LogP contribution in [0.15, 0.2) is 84.9 Å². The summed E-state index contributed by atoms with van der Waals surface area (Å²) in [5.74, 6) is -0.220. The third-order valence-corrected chi connectivity index (χ3v) is 14.5. The summed E-state index contributed by atoms with van der Waals surface area (Å²) in [5, 5.41) is 2.55. The molecule has 0 fully saturated rings. The monoisotopic (exact) mass is 510 g/mol. The van der Waals surface area contributed by atoms with Gasteiger partial charge in [-0.2, -0.15) is 0 Å². The topological polar surface area (TPSA) is 26.3 Å². The third kappa shape index (κ3) is 3.54. The number of carbonyl (C=O) groups is 1. The van der Waals surface area contributed by atoms with Crippen LogP contribution in [0.3, 0.4) is 0 Å². The van der Waals surface area contributed by atoms with E-state index in [0.717, 1.165) is 3.57 Å². The first kappa shape index (κ1) is 19.9. The summed E-state index contributed by atoms with van der Waals surface area (Å²) in [6.07, 6.45) is 0. The van der Waals surface area contributed by atoms with Gasteiger partial charge in [0.05, 0.1) is 0 Å². The van der Waals surface area contributed by atoms with Gasteiger partial charge in [0.25, 0.3) is 0 Å². The Labute approximate surface area is 181 Å². The second-order valence-electron chi connectivity index (χ2n) is 8.04. The third-order valence-electron chi connectivity index (χ3n) is 5.29. The Morgan fingerprint density at radius 1 is 0.793 bits per heavy atom. The van der Waals surface area contributed by atoms with E-state index in [1.807, 2.05) is 24.3 Å². The fourth-order valence-electron chi connectivity index (χ4n) is 3.85. The zero-order valence-corrected chi connectivity index (χ0v) is 19.9. The minimum absolute atomic E-state index is 0.0396. The van der Waals surface area contributed by atoms with Crippen LogP contribution in [0.4, 0.5) is 0 Å². The molecule has 0 spiro atoms. The number of hydrogen-bond donors (Lipinski definition) is 0. The van der Waals surface area contributed by atoms with Crippen molar-refractivity contribution >= 4 is 44.7 Å². The molecule has 146 valence electrons. The van der Waals surface area contributed by atoms with Crippen molar-refractivity contribution in [2.24, 2.45) is 0 Å². The predicted octanol–water partition coefficient (Wildman–Crippen LogP) is 5.01. The number of carbonyl (C=O) groups excluding carboxylic acids is 1. The Kier molecular flexibility index (Phi) is 5.37. The van der Waals surface area contributed by atoms with Gasteiger partial charge in [0.2, 0.25) is 0 Å². The van der Waals surface area contributed by atoms with Gasteiger partial charge in [-0.05, 0) is 0 Å². The Morgan fingerprint density at radius 2 is 1.31 bits per heavy atom. The molecule has 3 aromatic rings. The maximum absolute atomic E-state index is 12.3. The van der Waals surface area contributed by atoms with Crippen molar-refractivity contribution in [2.75, 3.05) is 0 Å². The van der Waals surface area contributed by atoms with Crippen LogP contribution in [-0.2, 0) is 3.07 Å². The van der Waals surface area contributed by atoms with Crippen molar-refractivity contribution in [3.63, 3.8) is 0 Å². The molecule has 0 aliphatic carbocycles. The second-order valence-corrected chi connectivity index (χ2v) is 16.0. The van der Waals surface area contributed by atoms with Gasteiger partial charge in [0.1, 0.15) is 0 Å². The second kappa shape index (κ2) is 7.81. The number of hydrogen-bond acceptors (Lipinski definition) is 2. The molecule has 2 nitrogen and oxygen atoms in total. The zero-order chi connectivity index (χ0) is 20.5. The van der Waals surface area contributed by atoms with Crippen molar-refractivity contribution < 1.29 is 7.86 Å². The Bertz CT molecular complexity index is 1050. The van der Waals surface area contributed by atoms with Crippen LogP contribution >= 0.6 is 20.2 Å². The SMILES string of the molecule is CC(C)(C)[Si](C#CI1OC(=O)c2ccccc21)(c1ccccc1)c1ccccc1. The molecule has 1 aliphatic rings. The summed E-state index contributed by atoms with van der Waals surface area (Å²) < 4.78 is 10.3. The van der Waals surface area contributed by atoms with Crippen molar-refractivity contribution in [1.82, 2.24) is 0 Å². The van der Waals surface area contributed by atoms with Crippen LogP contribution < -0.4 is 10.4 Å². The fourth-order valence-corrected chi connectivity index (χ4v) is 12.9. The maximum atomic E-state index is 12.3. The van der Waals surface area contributed by atoms with Crippen molar-refractivity contribution in [2.45, 2.75) is 25.8 Å². The summed E-state index contributed by atoms with van der Waals surface area (Å²) in [6.45, 7) is 6.85. The molecule has 4 rings (SSSR count). The molecule has 1 heterocycles. The first-order chi connectivity index (χ1) is 13.9. The average molecular weight is 510 g/mol. The predicted molar refractivity (Wildman–Crippen MR) is 130 cm³/mol. The zero-order valence-electron chi connectivity index (χ0n) is 16.8. The molecule has 3 aromatic carbocycles. The van der Waals surface area contributed by atoms with E-state index in [9.17, 15) is 4.79 Å². The fraction of sp³-hybridized carbons (Fsp3) is 0.160. The normalized spacial score (nSPS) is 14.6. The van der Waals surface area contributed by atoms with Crippen LogP contribution in [-0.4, -0.2) is 14.0 Å². The summed E-state index contributed by atoms with van der Waals surface area (Å²) >= 11 is -2.34.